The van der Waals surface area contributed by atoms with Gasteiger partial charge in [0.25, 0.3) is 0 Å². The number of phenols is 1. The molecule has 5 heteroatoms. The molecule has 0 aliphatic rings. The first-order chi connectivity index (χ1) is 37.7. The molecule has 0 unspecified atom stereocenters. The van der Waals surface area contributed by atoms with E-state index in [0.717, 1.165) is 89.4 Å². The number of fused-ring (bicyclic) bond motifs is 4. The summed E-state index contributed by atoms with van der Waals surface area (Å²) in [5.41, 5.74) is 21.6. The summed E-state index contributed by atoms with van der Waals surface area (Å²) in [4.78, 5) is 11.1. The van der Waals surface area contributed by atoms with Gasteiger partial charge in [-0.2, -0.15) is 0 Å². The predicted molar refractivity (Wildman–Crippen MR) is 341 cm³/mol. The topological polar surface area (TPSA) is 55.9 Å². The Kier molecular flexibility index (Phi) is 13.1. The summed E-state index contributed by atoms with van der Waals surface area (Å²) in [6.45, 7) is 34.1. The van der Waals surface area contributed by atoms with E-state index in [1.807, 2.05) is 6.20 Å². The fourth-order valence-electron chi connectivity index (χ4n) is 11.9. The van der Waals surface area contributed by atoms with Crippen molar-refractivity contribution in [2.45, 2.75) is 131 Å². The Balaban J connectivity index is 1.24. The Bertz CT molecular complexity index is 4190. The lowest BCUT2D eigenvalue weighted by Crippen LogP contribution is -2.19. The molecule has 0 aliphatic carbocycles. The maximum atomic E-state index is 12.5. The number of imidazole rings is 1. The van der Waals surface area contributed by atoms with Crippen molar-refractivity contribution in [3.8, 4) is 78.6 Å². The number of rotatable bonds is 7. The summed E-state index contributed by atoms with van der Waals surface area (Å²) >= 11 is 0. The van der Waals surface area contributed by atoms with Crippen molar-refractivity contribution >= 4 is 32.8 Å². The molecular formula is C75H78N4O. The number of benzene rings is 8. The number of hydrogen-bond donors (Lipinski definition) is 1. The fraction of sp³-hybridized carbons (Fsp3) is 0.280. The van der Waals surface area contributed by atoms with Crippen LogP contribution in [0, 0.1) is 0 Å². The molecular weight excluding hydrogens is 973 g/mol. The van der Waals surface area contributed by atoms with Crippen molar-refractivity contribution in [2.75, 3.05) is 0 Å². The van der Waals surface area contributed by atoms with Crippen LogP contribution in [0.4, 0.5) is 0 Å². The van der Waals surface area contributed by atoms with Crippen LogP contribution in [0.3, 0.4) is 0 Å². The maximum Gasteiger partial charge on any atom is 0.144 e. The molecule has 11 rings (SSSR count). The van der Waals surface area contributed by atoms with E-state index >= 15 is 0 Å². The van der Waals surface area contributed by atoms with Crippen molar-refractivity contribution in [3.05, 3.63) is 204 Å². The minimum atomic E-state index is -0.320. The van der Waals surface area contributed by atoms with Crippen LogP contribution >= 0.6 is 0 Å². The molecule has 404 valence electrons. The largest absolute Gasteiger partial charge is 0.507 e. The quantitative estimate of drug-likeness (QED) is 0.173. The second-order valence-corrected chi connectivity index (χ2v) is 27.4. The van der Waals surface area contributed by atoms with Gasteiger partial charge in [0.2, 0.25) is 0 Å². The van der Waals surface area contributed by atoms with Gasteiger partial charge < -0.3 is 14.2 Å². The van der Waals surface area contributed by atoms with Crippen LogP contribution in [-0.4, -0.2) is 24.2 Å². The first-order valence-electron chi connectivity index (χ1n) is 28.5. The van der Waals surface area contributed by atoms with Crippen molar-refractivity contribution in [3.63, 3.8) is 0 Å². The van der Waals surface area contributed by atoms with E-state index in [1.165, 1.54) is 44.1 Å². The minimum absolute atomic E-state index is 0.0980. The monoisotopic (exact) mass is 1050 g/mol. The maximum absolute atomic E-state index is 12.5. The smallest absolute Gasteiger partial charge is 0.144 e. The third-order valence-electron chi connectivity index (χ3n) is 16.4. The van der Waals surface area contributed by atoms with Crippen LogP contribution in [0.1, 0.15) is 132 Å². The lowest BCUT2D eigenvalue weighted by molar-refractivity contribution is 0.446. The van der Waals surface area contributed by atoms with Gasteiger partial charge in [0.15, 0.2) is 0 Å². The normalized spacial score (nSPS) is 12.8. The van der Waals surface area contributed by atoms with Gasteiger partial charge in [0.1, 0.15) is 11.6 Å². The number of para-hydroxylation sites is 3. The molecule has 3 heterocycles. The molecule has 5 nitrogen and oxygen atoms in total. The Morgan fingerprint density at radius 3 is 1.66 bits per heavy atom. The van der Waals surface area contributed by atoms with E-state index in [1.54, 1.807) is 0 Å². The number of hydrogen-bond acceptors (Lipinski definition) is 3. The van der Waals surface area contributed by atoms with Crippen LogP contribution in [0.25, 0.3) is 106 Å². The third-order valence-corrected chi connectivity index (χ3v) is 16.4. The number of aryl methyl sites for hydroxylation is 1. The molecule has 0 spiro atoms. The molecule has 80 heavy (non-hydrogen) atoms. The van der Waals surface area contributed by atoms with Gasteiger partial charge >= 0.3 is 0 Å². The van der Waals surface area contributed by atoms with Gasteiger partial charge in [-0.1, -0.05) is 213 Å². The second kappa shape index (κ2) is 19.4. The highest BCUT2D eigenvalue weighted by atomic mass is 16.3. The molecule has 3 aromatic heterocycles. The highest BCUT2D eigenvalue weighted by Gasteiger charge is 2.32. The van der Waals surface area contributed by atoms with Crippen molar-refractivity contribution in [1.29, 1.82) is 0 Å². The van der Waals surface area contributed by atoms with E-state index in [0.29, 0.717) is 0 Å². The molecule has 1 N–H and O–H groups in total. The molecule has 0 radical (unpaired) electrons. The first-order valence-corrected chi connectivity index (χ1v) is 28.5. The van der Waals surface area contributed by atoms with Gasteiger partial charge in [-0.25, -0.2) is 4.98 Å². The standard InChI is InChI=1S/C75H78N4O/c1-71(2,3)49-34-35-52(46-26-19-17-20-27-46)56(41-49)48-38-58(67-66(40-48)78(16)70(77-67)60-42-50(72(4,5)6)43-63(69(60)80)75(13,14)15)57-44-59(62(74(10,11)12)45-61(57)73(7,8)9)64-39-47(36-37-76-64)53-31-25-32-55-54-30-23-24-33-65(54)79(68(53)55)51-28-21-18-22-29-51/h17-45,80H,1-16H3. The molecule has 0 aliphatic heterocycles. The Labute approximate surface area is 475 Å². The van der Waals surface area contributed by atoms with Gasteiger partial charge in [0, 0.05) is 52.0 Å². The van der Waals surface area contributed by atoms with Crippen LogP contribution in [0.15, 0.2) is 176 Å². The van der Waals surface area contributed by atoms with E-state index in [9.17, 15) is 5.11 Å². The average molecular weight is 1050 g/mol. The molecule has 0 fully saturated rings. The Morgan fingerprint density at radius 2 is 1.00 bits per heavy atom. The molecule has 0 saturated heterocycles. The highest BCUT2D eigenvalue weighted by Crippen LogP contribution is 2.49. The van der Waals surface area contributed by atoms with Crippen LogP contribution in [-0.2, 0) is 34.1 Å². The Morgan fingerprint density at radius 1 is 0.388 bits per heavy atom. The molecule has 0 saturated carbocycles. The third kappa shape index (κ3) is 9.63. The zero-order valence-electron chi connectivity index (χ0n) is 50.0. The van der Waals surface area contributed by atoms with Gasteiger partial charge in [-0.05, 0) is 143 Å². The van der Waals surface area contributed by atoms with Gasteiger partial charge in [0.05, 0.1) is 33.3 Å². The first kappa shape index (κ1) is 54.0. The zero-order valence-corrected chi connectivity index (χ0v) is 50.0. The fourth-order valence-corrected chi connectivity index (χ4v) is 11.9. The summed E-state index contributed by atoms with van der Waals surface area (Å²) in [6.07, 6.45) is 1.99. The van der Waals surface area contributed by atoms with Crippen molar-refractivity contribution in [1.82, 2.24) is 19.1 Å². The molecule has 0 amide bonds. The summed E-state index contributed by atoms with van der Waals surface area (Å²) < 4.78 is 4.63. The SMILES string of the molecule is Cn1c(-c2cc(C(C)(C)C)cc(C(C)(C)C)c2O)nc2c(-c3cc(-c4cc(-c5cccc6c7ccccc7n(-c7ccccc7)c56)ccn4)c(C(C)(C)C)cc3C(C)(C)C)cc(-c3cc(C(C)(C)C)ccc3-c3ccccc3)cc21. The van der Waals surface area contributed by atoms with Crippen molar-refractivity contribution < 1.29 is 5.11 Å². The van der Waals surface area contributed by atoms with Gasteiger partial charge in [-0.15, -0.1) is 0 Å². The lowest BCUT2D eigenvalue weighted by atomic mass is 9.74. The molecule has 11 aromatic rings. The average Bonchev–Trinajstić information content (AvgIpc) is 4.07. The predicted octanol–water partition coefficient (Wildman–Crippen LogP) is 20.3. The number of aromatic hydroxyl groups is 1. The highest BCUT2D eigenvalue weighted by molar-refractivity contribution is 6.14. The van der Waals surface area contributed by atoms with Gasteiger partial charge in [-0.3, -0.25) is 4.98 Å². The van der Waals surface area contributed by atoms with E-state index < -0.39 is 0 Å². The summed E-state index contributed by atoms with van der Waals surface area (Å²) in [5.74, 6) is 0.993. The van der Waals surface area contributed by atoms with E-state index in [-0.39, 0.29) is 32.8 Å². The number of aromatic nitrogens is 4. The number of phenolic OH excluding ortho intramolecular Hbond substituents is 1. The Hall–Kier alpha value is -8.02. The lowest BCUT2D eigenvalue weighted by Gasteiger charge is -2.30. The van der Waals surface area contributed by atoms with Crippen LogP contribution in [0.2, 0.25) is 0 Å². The molecule has 0 atom stereocenters. The molecule has 8 aromatic carbocycles. The van der Waals surface area contributed by atoms with E-state index in [4.69, 9.17) is 9.97 Å². The zero-order chi connectivity index (χ0) is 57.0. The molecule has 0 bridgehead atoms. The summed E-state index contributed by atoms with van der Waals surface area (Å²) in [6, 6.07) is 62.4. The summed E-state index contributed by atoms with van der Waals surface area (Å²) in [5, 5.41) is 15.0. The van der Waals surface area contributed by atoms with Crippen molar-refractivity contribution in [2.24, 2.45) is 7.05 Å². The second-order valence-electron chi connectivity index (χ2n) is 27.4. The van der Waals surface area contributed by atoms with E-state index in [2.05, 4.69) is 290 Å². The number of pyridine rings is 1. The number of nitrogens with zero attached hydrogens (tertiary/aromatic N) is 4. The minimum Gasteiger partial charge on any atom is -0.507 e. The van der Waals surface area contributed by atoms with Crippen LogP contribution < -0.4 is 0 Å². The van der Waals surface area contributed by atoms with Crippen LogP contribution in [0.5, 0.6) is 5.75 Å². The summed E-state index contributed by atoms with van der Waals surface area (Å²) in [7, 11) is 2.12.